The van der Waals surface area contributed by atoms with Gasteiger partial charge >= 0.3 is 5.97 Å². The van der Waals surface area contributed by atoms with Crippen LogP contribution in [-0.4, -0.2) is 17.0 Å². The molecule has 6 heteroatoms. The molecule has 0 unspecified atom stereocenters. The number of amides is 1. The van der Waals surface area contributed by atoms with Crippen LogP contribution in [0.3, 0.4) is 0 Å². The van der Waals surface area contributed by atoms with Gasteiger partial charge in [-0.05, 0) is 42.8 Å². The quantitative estimate of drug-likeness (QED) is 0.781. The molecule has 0 bridgehead atoms. The van der Waals surface area contributed by atoms with Gasteiger partial charge in [0, 0.05) is 14.5 Å². The van der Waals surface area contributed by atoms with Crippen LogP contribution in [-0.2, 0) is 0 Å². The van der Waals surface area contributed by atoms with E-state index < -0.39 is 5.97 Å². The van der Waals surface area contributed by atoms with Crippen LogP contribution in [0.4, 0.5) is 5.69 Å². The van der Waals surface area contributed by atoms with Gasteiger partial charge in [0.05, 0.1) is 11.3 Å². The Hall–Kier alpha value is -1.66. The Balaban J connectivity index is 2.38. The van der Waals surface area contributed by atoms with Crippen molar-refractivity contribution in [3.63, 3.8) is 0 Å². The van der Waals surface area contributed by atoms with Crippen LogP contribution in [0.15, 0.2) is 45.3 Å². The van der Waals surface area contributed by atoms with Crippen LogP contribution in [0.1, 0.15) is 26.3 Å². The van der Waals surface area contributed by atoms with Crippen molar-refractivity contribution in [2.45, 2.75) is 6.92 Å². The molecule has 0 aliphatic heterocycles. The van der Waals surface area contributed by atoms with Crippen molar-refractivity contribution >= 4 is 49.4 Å². The van der Waals surface area contributed by atoms with Crippen molar-refractivity contribution in [2.24, 2.45) is 0 Å². The third-order valence-electron chi connectivity index (χ3n) is 2.90. The summed E-state index contributed by atoms with van der Waals surface area (Å²) >= 11 is 6.58. The molecule has 2 aromatic rings. The van der Waals surface area contributed by atoms with E-state index in [2.05, 4.69) is 37.2 Å². The number of hydrogen-bond acceptors (Lipinski definition) is 2. The maximum Gasteiger partial charge on any atom is 0.337 e. The number of rotatable bonds is 3. The molecule has 0 spiro atoms. The summed E-state index contributed by atoms with van der Waals surface area (Å²) in [5.74, 6) is -1.45. The number of anilines is 1. The largest absolute Gasteiger partial charge is 0.478 e. The maximum absolute atomic E-state index is 12.3. The predicted octanol–water partition coefficient (Wildman–Crippen LogP) is 4.47. The van der Waals surface area contributed by atoms with Gasteiger partial charge in [0.15, 0.2) is 0 Å². The summed E-state index contributed by atoms with van der Waals surface area (Å²) in [5, 5.41) is 11.8. The number of aryl methyl sites for hydroxylation is 1. The fraction of sp³-hybridized carbons (Fsp3) is 0.0667. The highest BCUT2D eigenvalue weighted by Crippen LogP contribution is 2.23. The molecule has 0 fully saturated rings. The molecule has 0 atom stereocenters. The maximum atomic E-state index is 12.3. The molecule has 0 heterocycles. The van der Waals surface area contributed by atoms with E-state index in [1.807, 2.05) is 19.1 Å². The first-order valence-corrected chi connectivity index (χ1v) is 7.57. The third kappa shape index (κ3) is 3.71. The van der Waals surface area contributed by atoms with Crippen molar-refractivity contribution in [1.82, 2.24) is 0 Å². The summed E-state index contributed by atoms with van der Waals surface area (Å²) < 4.78 is 1.47. The summed E-state index contributed by atoms with van der Waals surface area (Å²) in [4.78, 5) is 23.5. The van der Waals surface area contributed by atoms with Gasteiger partial charge in [0.25, 0.3) is 5.91 Å². The van der Waals surface area contributed by atoms with Crippen molar-refractivity contribution in [2.75, 3.05) is 5.32 Å². The lowest BCUT2D eigenvalue weighted by atomic mass is 10.1. The van der Waals surface area contributed by atoms with Crippen molar-refractivity contribution in [3.8, 4) is 0 Å². The molecule has 2 rings (SSSR count). The topological polar surface area (TPSA) is 66.4 Å². The second kappa shape index (κ2) is 6.41. The van der Waals surface area contributed by atoms with E-state index >= 15 is 0 Å². The average Bonchev–Trinajstić information content (AvgIpc) is 2.41. The molecule has 0 saturated heterocycles. The molecule has 108 valence electrons. The van der Waals surface area contributed by atoms with Crippen molar-refractivity contribution in [3.05, 3.63) is 62.0 Å². The predicted molar refractivity (Wildman–Crippen MR) is 87.9 cm³/mol. The highest BCUT2D eigenvalue weighted by molar-refractivity contribution is 9.10. The molecular weight excluding hydrogens is 402 g/mol. The van der Waals surface area contributed by atoms with E-state index in [1.165, 1.54) is 6.07 Å². The zero-order chi connectivity index (χ0) is 15.6. The first kappa shape index (κ1) is 15.7. The number of carboxylic acids is 1. The van der Waals surface area contributed by atoms with Gasteiger partial charge in [0.2, 0.25) is 0 Å². The summed E-state index contributed by atoms with van der Waals surface area (Å²) in [5.41, 5.74) is 1.59. The molecule has 0 aromatic heterocycles. The summed E-state index contributed by atoms with van der Waals surface area (Å²) in [7, 11) is 0. The number of hydrogen-bond donors (Lipinski definition) is 2. The first-order valence-electron chi connectivity index (χ1n) is 5.99. The normalized spacial score (nSPS) is 10.2. The van der Waals surface area contributed by atoms with Gasteiger partial charge in [-0.15, -0.1) is 0 Å². The van der Waals surface area contributed by atoms with Crippen LogP contribution in [0.5, 0.6) is 0 Å². The van der Waals surface area contributed by atoms with Gasteiger partial charge in [-0.25, -0.2) is 4.79 Å². The standard InChI is InChI=1S/C15H11Br2NO3/c1-8-2-3-9(16)6-12(8)14(19)18-13-7-10(17)4-5-11(13)15(20)21/h2-7H,1H3,(H,18,19)(H,20,21). The minimum atomic E-state index is -1.09. The fourth-order valence-electron chi connectivity index (χ4n) is 1.83. The number of halogens is 2. The van der Waals surface area contributed by atoms with E-state index in [0.717, 1.165) is 10.0 Å². The van der Waals surface area contributed by atoms with Gasteiger partial charge in [0.1, 0.15) is 0 Å². The average molecular weight is 413 g/mol. The number of carboxylic acid groups (broad SMARTS) is 1. The van der Waals surface area contributed by atoms with Crippen LogP contribution < -0.4 is 5.32 Å². The Morgan fingerprint density at radius 2 is 1.62 bits per heavy atom. The minimum absolute atomic E-state index is 0.0409. The van der Waals surface area contributed by atoms with Crippen LogP contribution >= 0.6 is 31.9 Å². The zero-order valence-electron chi connectivity index (χ0n) is 11.0. The van der Waals surface area contributed by atoms with Gasteiger partial charge in [-0.3, -0.25) is 4.79 Å². The van der Waals surface area contributed by atoms with E-state index in [0.29, 0.717) is 10.0 Å². The van der Waals surface area contributed by atoms with E-state index in [4.69, 9.17) is 5.11 Å². The lowest BCUT2D eigenvalue weighted by Gasteiger charge is -2.11. The summed E-state index contributed by atoms with van der Waals surface area (Å²) in [6.45, 7) is 1.82. The number of carbonyl (C=O) groups excluding carboxylic acids is 1. The molecule has 21 heavy (non-hydrogen) atoms. The Bertz CT molecular complexity index is 729. The molecule has 0 saturated carbocycles. The monoisotopic (exact) mass is 411 g/mol. The number of benzene rings is 2. The summed E-state index contributed by atoms with van der Waals surface area (Å²) in [6, 6.07) is 9.98. The number of nitrogens with one attached hydrogen (secondary N) is 1. The van der Waals surface area contributed by atoms with E-state index in [9.17, 15) is 9.59 Å². The van der Waals surface area contributed by atoms with Crippen LogP contribution in [0.25, 0.3) is 0 Å². The van der Waals surface area contributed by atoms with E-state index in [-0.39, 0.29) is 17.2 Å². The second-order valence-corrected chi connectivity index (χ2v) is 6.24. The van der Waals surface area contributed by atoms with Crippen molar-refractivity contribution in [1.29, 1.82) is 0 Å². The smallest absolute Gasteiger partial charge is 0.337 e. The highest BCUT2D eigenvalue weighted by atomic mass is 79.9. The first-order chi connectivity index (χ1) is 9.88. The third-order valence-corrected chi connectivity index (χ3v) is 3.89. The van der Waals surface area contributed by atoms with Gasteiger partial charge in [-0.2, -0.15) is 0 Å². The number of carbonyl (C=O) groups is 2. The lowest BCUT2D eigenvalue weighted by molar-refractivity contribution is 0.0698. The SMILES string of the molecule is Cc1ccc(Br)cc1C(=O)Nc1cc(Br)ccc1C(=O)O. The summed E-state index contributed by atoms with van der Waals surface area (Å²) in [6.07, 6.45) is 0. The molecule has 0 radical (unpaired) electrons. The highest BCUT2D eigenvalue weighted by Gasteiger charge is 2.15. The van der Waals surface area contributed by atoms with Crippen molar-refractivity contribution < 1.29 is 14.7 Å². The molecule has 0 aliphatic rings. The molecule has 4 nitrogen and oxygen atoms in total. The Morgan fingerprint density at radius 1 is 1.00 bits per heavy atom. The number of aromatic carboxylic acids is 1. The van der Waals surface area contributed by atoms with Crippen LogP contribution in [0.2, 0.25) is 0 Å². The Labute approximate surface area is 138 Å². The zero-order valence-corrected chi connectivity index (χ0v) is 14.2. The second-order valence-electron chi connectivity index (χ2n) is 4.41. The lowest BCUT2D eigenvalue weighted by Crippen LogP contribution is -2.16. The molecule has 1 amide bonds. The molecule has 2 N–H and O–H groups in total. The fourth-order valence-corrected chi connectivity index (χ4v) is 2.56. The van der Waals surface area contributed by atoms with Gasteiger partial charge in [-0.1, -0.05) is 37.9 Å². The molecular formula is C15H11Br2NO3. The molecule has 2 aromatic carbocycles. The Morgan fingerprint density at radius 3 is 2.29 bits per heavy atom. The van der Waals surface area contributed by atoms with Crippen LogP contribution in [0, 0.1) is 6.92 Å². The Kier molecular flexibility index (Phi) is 4.80. The molecule has 0 aliphatic carbocycles. The van der Waals surface area contributed by atoms with Gasteiger partial charge < -0.3 is 10.4 Å². The minimum Gasteiger partial charge on any atom is -0.478 e. The van der Waals surface area contributed by atoms with E-state index in [1.54, 1.807) is 18.2 Å².